The summed E-state index contributed by atoms with van der Waals surface area (Å²) in [4.78, 5) is 12.6. The Kier molecular flexibility index (Phi) is 6.27. The quantitative estimate of drug-likeness (QED) is 0.666. The molecule has 124 valence electrons. The number of nitrogens with zero attached hydrogens (tertiary/aromatic N) is 1. The Labute approximate surface area is 133 Å². The molecule has 1 rings (SSSR count). The first kappa shape index (κ1) is 18.9. The predicted octanol–water partition coefficient (Wildman–Crippen LogP) is 4.62. The standard InChI is InChI=1S/C16H35NO2Si2/c1-13(2)21(14(3)4,15(5)6)19-16(18)12-17-10-9-11-20(17,7)8/h13-15H,9-12H2,1-8H3. The second kappa shape index (κ2) is 6.96. The van der Waals surface area contributed by atoms with Crippen LogP contribution in [-0.4, -0.2) is 40.2 Å². The summed E-state index contributed by atoms with van der Waals surface area (Å²) in [6.07, 6.45) is 1.24. The molecule has 1 saturated heterocycles. The maximum atomic E-state index is 12.6. The summed E-state index contributed by atoms with van der Waals surface area (Å²) in [6.45, 7) is 19.7. The van der Waals surface area contributed by atoms with Gasteiger partial charge in [0.15, 0.2) is 0 Å². The van der Waals surface area contributed by atoms with Gasteiger partial charge in [-0.1, -0.05) is 54.6 Å². The third-order valence-electron chi connectivity index (χ3n) is 5.39. The number of hydrogen-bond acceptors (Lipinski definition) is 3. The molecule has 0 bridgehead atoms. The van der Waals surface area contributed by atoms with Crippen LogP contribution >= 0.6 is 0 Å². The van der Waals surface area contributed by atoms with Crippen molar-refractivity contribution in [3.8, 4) is 0 Å². The maximum absolute atomic E-state index is 12.6. The molecule has 0 aromatic heterocycles. The Morgan fingerprint density at radius 1 is 1.10 bits per heavy atom. The zero-order valence-electron chi connectivity index (χ0n) is 15.3. The summed E-state index contributed by atoms with van der Waals surface area (Å²) in [5.41, 5.74) is 1.39. The molecular formula is C16H35NO2Si2. The van der Waals surface area contributed by atoms with Crippen LogP contribution in [0, 0.1) is 0 Å². The molecule has 0 atom stereocenters. The molecule has 0 spiro atoms. The van der Waals surface area contributed by atoms with Crippen LogP contribution in [-0.2, 0) is 9.22 Å². The van der Waals surface area contributed by atoms with Gasteiger partial charge in [0, 0.05) is 0 Å². The minimum atomic E-state index is -2.07. The van der Waals surface area contributed by atoms with Crippen LogP contribution in [0.5, 0.6) is 0 Å². The Balaban J connectivity index is 2.82. The normalized spacial score (nSPS) is 19.8. The average molecular weight is 330 g/mol. The van der Waals surface area contributed by atoms with E-state index in [4.69, 9.17) is 4.43 Å². The van der Waals surface area contributed by atoms with E-state index in [9.17, 15) is 4.79 Å². The summed E-state index contributed by atoms with van der Waals surface area (Å²) >= 11 is 0. The monoisotopic (exact) mass is 329 g/mol. The molecule has 5 heteroatoms. The van der Waals surface area contributed by atoms with Gasteiger partial charge in [0.1, 0.15) is 8.24 Å². The molecule has 3 nitrogen and oxygen atoms in total. The van der Waals surface area contributed by atoms with Gasteiger partial charge in [0.25, 0.3) is 8.32 Å². The number of carbonyl (C=O) groups excluding carboxylic acids is 1. The van der Waals surface area contributed by atoms with E-state index in [0.717, 1.165) is 6.54 Å². The molecule has 0 amide bonds. The highest BCUT2D eigenvalue weighted by Crippen LogP contribution is 2.42. The summed E-state index contributed by atoms with van der Waals surface area (Å²) in [6, 6.07) is 1.31. The van der Waals surface area contributed by atoms with Gasteiger partial charge < -0.3 is 8.99 Å². The molecule has 21 heavy (non-hydrogen) atoms. The Morgan fingerprint density at radius 2 is 1.57 bits per heavy atom. The molecule has 1 heterocycles. The van der Waals surface area contributed by atoms with Crippen LogP contribution < -0.4 is 0 Å². The molecule has 0 saturated carbocycles. The van der Waals surface area contributed by atoms with Crippen molar-refractivity contribution in [1.29, 1.82) is 0 Å². The second-order valence-electron chi connectivity index (χ2n) is 8.13. The van der Waals surface area contributed by atoms with Crippen LogP contribution in [0.25, 0.3) is 0 Å². The van der Waals surface area contributed by atoms with Gasteiger partial charge >= 0.3 is 5.97 Å². The van der Waals surface area contributed by atoms with E-state index in [-0.39, 0.29) is 5.97 Å². The fourth-order valence-electron chi connectivity index (χ4n) is 4.20. The Bertz CT molecular complexity index is 346. The molecule has 0 aromatic carbocycles. The molecule has 0 N–H and O–H groups in total. The van der Waals surface area contributed by atoms with E-state index in [1.165, 1.54) is 12.5 Å². The van der Waals surface area contributed by atoms with Crippen molar-refractivity contribution in [3.05, 3.63) is 0 Å². The van der Waals surface area contributed by atoms with Crippen LogP contribution in [0.4, 0.5) is 0 Å². The molecular weight excluding hydrogens is 294 g/mol. The van der Waals surface area contributed by atoms with E-state index in [1.807, 2.05) is 0 Å². The van der Waals surface area contributed by atoms with Crippen LogP contribution in [0.3, 0.4) is 0 Å². The van der Waals surface area contributed by atoms with Crippen molar-refractivity contribution in [1.82, 2.24) is 4.57 Å². The lowest BCUT2D eigenvalue weighted by Crippen LogP contribution is -2.52. The minimum Gasteiger partial charge on any atom is -0.517 e. The highest BCUT2D eigenvalue weighted by molar-refractivity contribution is 6.79. The van der Waals surface area contributed by atoms with E-state index >= 15 is 0 Å². The van der Waals surface area contributed by atoms with Crippen molar-refractivity contribution in [2.75, 3.05) is 13.1 Å². The number of carbonyl (C=O) groups is 1. The molecule has 0 aliphatic carbocycles. The van der Waals surface area contributed by atoms with Crippen molar-refractivity contribution in [2.24, 2.45) is 0 Å². The second-order valence-corrected chi connectivity index (χ2v) is 18.3. The average Bonchev–Trinajstić information content (AvgIpc) is 2.64. The van der Waals surface area contributed by atoms with Gasteiger partial charge in [-0.2, -0.15) is 0 Å². The first-order chi connectivity index (χ1) is 9.54. The van der Waals surface area contributed by atoms with Gasteiger partial charge in [-0.15, -0.1) is 0 Å². The van der Waals surface area contributed by atoms with Crippen molar-refractivity contribution in [3.63, 3.8) is 0 Å². The van der Waals surface area contributed by atoms with Crippen molar-refractivity contribution in [2.45, 2.75) is 83.7 Å². The van der Waals surface area contributed by atoms with E-state index in [0.29, 0.717) is 23.2 Å². The summed E-state index contributed by atoms with van der Waals surface area (Å²) < 4.78 is 8.68. The molecule has 1 fully saturated rings. The molecule has 0 aromatic rings. The summed E-state index contributed by atoms with van der Waals surface area (Å²) in [7, 11) is -3.41. The smallest absolute Gasteiger partial charge is 0.306 e. The third-order valence-corrected chi connectivity index (χ3v) is 15.1. The third kappa shape index (κ3) is 3.99. The zero-order valence-corrected chi connectivity index (χ0v) is 17.3. The topological polar surface area (TPSA) is 29.5 Å². The number of rotatable bonds is 6. The zero-order chi connectivity index (χ0) is 16.4. The van der Waals surface area contributed by atoms with Gasteiger partial charge in [-0.3, -0.25) is 4.79 Å². The fraction of sp³-hybridized carbons (Fsp3) is 0.938. The maximum Gasteiger partial charge on any atom is 0.306 e. The van der Waals surface area contributed by atoms with Gasteiger partial charge in [0.2, 0.25) is 0 Å². The van der Waals surface area contributed by atoms with Crippen molar-refractivity contribution >= 4 is 22.5 Å². The first-order valence-corrected chi connectivity index (χ1v) is 13.8. The Morgan fingerprint density at radius 3 is 1.90 bits per heavy atom. The van der Waals surface area contributed by atoms with Crippen molar-refractivity contribution < 1.29 is 9.22 Å². The molecule has 0 radical (unpaired) electrons. The fourth-order valence-corrected chi connectivity index (χ4v) is 12.0. The lowest BCUT2D eigenvalue weighted by Gasteiger charge is -2.42. The minimum absolute atomic E-state index is 0.0280. The lowest BCUT2D eigenvalue weighted by atomic mass is 10.5. The molecule has 1 aliphatic heterocycles. The van der Waals surface area contributed by atoms with Gasteiger partial charge in [0.05, 0.1) is 6.54 Å². The van der Waals surface area contributed by atoms with E-state index in [1.54, 1.807) is 0 Å². The lowest BCUT2D eigenvalue weighted by molar-refractivity contribution is -0.136. The van der Waals surface area contributed by atoms with Crippen LogP contribution in [0.1, 0.15) is 48.0 Å². The van der Waals surface area contributed by atoms with Gasteiger partial charge in [-0.05, 0) is 35.6 Å². The van der Waals surface area contributed by atoms with E-state index < -0.39 is 16.6 Å². The molecule has 0 unspecified atom stereocenters. The Hall–Kier alpha value is -0.136. The summed E-state index contributed by atoms with van der Waals surface area (Å²) in [5, 5.41) is 0. The van der Waals surface area contributed by atoms with Gasteiger partial charge in [-0.25, -0.2) is 0 Å². The first-order valence-electron chi connectivity index (χ1n) is 8.51. The SMILES string of the molecule is CC(C)[Si](OC(=O)CN1CCC[Si]1(C)C)(C(C)C)C(C)C. The number of hydrogen-bond donors (Lipinski definition) is 0. The van der Waals surface area contributed by atoms with E-state index in [2.05, 4.69) is 59.2 Å². The highest BCUT2D eigenvalue weighted by Gasteiger charge is 2.48. The van der Waals surface area contributed by atoms with Crippen LogP contribution in [0.15, 0.2) is 0 Å². The predicted molar refractivity (Wildman–Crippen MR) is 95.6 cm³/mol. The molecule has 1 aliphatic rings. The largest absolute Gasteiger partial charge is 0.517 e. The highest BCUT2D eigenvalue weighted by atomic mass is 28.4. The van der Waals surface area contributed by atoms with Crippen LogP contribution in [0.2, 0.25) is 35.8 Å². The summed E-state index contributed by atoms with van der Waals surface area (Å²) in [5.74, 6) is 0.0280.